The highest BCUT2D eigenvalue weighted by Crippen LogP contribution is 2.36. The van der Waals surface area contributed by atoms with E-state index in [4.69, 9.17) is 23.2 Å². The third kappa shape index (κ3) is 3.52. The van der Waals surface area contributed by atoms with Crippen molar-refractivity contribution in [1.29, 1.82) is 0 Å². The van der Waals surface area contributed by atoms with Crippen LogP contribution >= 0.6 is 55.1 Å². The second kappa shape index (κ2) is 7.15. The largest absolute Gasteiger partial charge is 0.332 e. The van der Waals surface area contributed by atoms with Gasteiger partial charge in [0.05, 0.1) is 5.69 Å². The molecule has 0 aromatic heterocycles. The summed E-state index contributed by atoms with van der Waals surface area (Å²) in [5.41, 5.74) is 0.266. The number of hydrogen-bond acceptors (Lipinski definition) is 2. The lowest BCUT2D eigenvalue weighted by molar-refractivity contribution is -0.123. The summed E-state index contributed by atoms with van der Waals surface area (Å²) in [5.74, 6) is -0.320. The summed E-state index contributed by atoms with van der Waals surface area (Å²) in [6.45, 7) is 1.76. The molecule has 3 amide bonds. The minimum atomic E-state index is -1.02. The van der Waals surface area contributed by atoms with Crippen LogP contribution in [-0.4, -0.2) is 29.4 Å². The second-order valence-electron chi connectivity index (χ2n) is 6.34. The van der Waals surface area contributed by atoms with Crippen molar-refractivity contribution in [3.63, 3.8) is 0 Å². The molecule has 1 aliphatic heterocycles. The van der Waals surface area contributed by atoms with Crippen LogP contribution in [0.2, 0.25) is 10.0 Å². The standard InChI is InChI=1S/C18H14Br2Cl2N2O2/c1-18(9-10-3-11(19)5-12(20)4-10)16(25)24(17(26)23(18)2)15-7-13(21)6-14(22)8-15/h3-8H,9H2,1-2H3/t18-/m1/s1. The SMILES string of the molecule is CN1C(=O)N(c2cc(Cl)cc(Cl)c2)C(=O)[C@@]1(C)Cc1cc(Br)cc(Br)c1. The fraction of sp³-hybridized carbons (Fsp3) is 0.222. The van der Waals surface area contributed by atoms with Crippen molar-refractivity contribution in [2.24, 2.45) is 0 Å². The van der Waals surface area contributed by atoms with Gasteiger partial charge in [0.2, 0.25) is 0 Å². The summed E-state index contributed by atoms with van der Waals surface area (Å²) in [6, 6.07) is 10.0. The minimum Gasteiger partial charge on any atom is -0.312 e. The van der Waals surface area contributed by atoms with Gasteiger partial charge in [-0.15, -0.1) is 0 Å². The van der Waals surface area contributed by atoms with Crippen molar-refractivity contribution in [2.45, 2.75) is 18.9 Å². The van der Waals surface area contributed by atoms with Gasteiger partial charge in [-0.3, -0.25) is 4.79 Å². The monoisotopic (exact) mass is 518 g/mol. The molecule has 8 heteroatoms. The van der Waals surface area contributed by atoms with Crippen LogP contribution in [0.3, 0.4) is 0 Å². The quantitative estimate of drug-likeness (QED) is 0.471. The average Bonchev–Trinajstić information content (AvgIpc) is 2.66. The molecule has 136 valence electrons. The fourth-order valence-corrected chi connectivity index (χ4v) is 4.94. The van der Waals surface area contributed by atoms with Gasteiger partial charge in [0.1, 0.15) is 5.54 Å². The summed E-state index contributed by atoms with van der Waals surface area (Å²) >= 11 is 19.0. The molecule has 2 aromatic carbocycles. The molecular weight excluding hydrogens is 507 g/mol. The Kier molecular flexibility index (Phi) is 5.41. The summed E-state index contributed by atoms with van der Waals surface area (Å²) in [5, 5.41) is 0.723. The van der Waals surface area contributed by atoms with Gasteiger partial charge in [0.25, 0.3) is 5.91 Å². The number of carbonyl (C=O) groups is 2. The molecule has 0 spiro atoms. The van der Waals surface area contributed by atoms with E-state index in [1.165, 1.54) is 4.90 Å². The Balaban J connectivity index is 2.00. The van der Waals surface area contributed by atoms with Crippen LogP contribution < -0.4 is 4.90 Å². The molecule has 0 radical (unpaired) electrons. The molecule has 1 saturated heterocycles. The lowest BCUT2D eigenvalue weighted by Gasteiger charge is -2.28. The van der Waals surface area contributed by atoms with Gasteiger partial charge in [0.15, 0.2) is 0 Å². The van der Waals surface area contributed by atoms with Crippen LogP contribution in [0.15, 0.2) is 45.3 Å². The van der Waals surface area contributed by atoms with Crippen LogP contribution in [0.25, 0.3) is 0 Å². The topological polar surface area (TPSA) is 40.6 Å². The highest BCUT2D eigenvalue weighted by molar-refractivity contribution is 9.11. The Morgan fingerprint density at radius 2 is 1.50 bits per heavy atom. The Morgan fingerprint density at radius 3 is 2.04 bits per heavy atom. The maximum Gasteiger partial charge on any atom is 0.332 e. The Hall–Kier alpha value is -1.08. The van der Waals surface area contributed by atoms with Crippen LogP contribution in [0.1, 0.15) is 12.5 Å². The molecular formula is C18H14Br2Cl2N2O2. The van der Waals surface area contributed by atoms with Gasteiger partial charge in [-0.25, -0.2) is 9.69 Å². The average molecular weight is 521 g/mol. The van der Waals surface area contributed by atoms with E-state index in [1.54, 1.807) is 32.2 Å². The fourth-order valence-electron chi connectivity index (χ4n) is 3.03. The van der Waals surface area contributed by atoms with Crippen molar-refractivity contribution in [1.82, 2.24) is 4.90 Å². The molecule has 0 bridgehead atoms. The Morgan fingerprint density at radius 1 is 0.962 bits per heavy atom. The van der Waals surface area contributed by atoms with Crippen molar-refractivity contribution < 1.29 is 9.59 Å². The number of benzene rings is 2. The molecule has 1 fully saturated rings. The van der Waals surface area contributed by atoms with Gasteiger partial charge in [-0.1, -0.05) is 55.1 Å². The second-order valence-corrected chi connectivity index (χ2v) is 9.04. The summed E-state index contributed by atoms with van der Waals surface area (Å²) in [6.07, 6.45) is 0.372. The first-order valence-corrected chi connectivity index (χ1v) is 9.99. The zero-order chi connectivity index (χ0) is 19.2. The molecule has 1 atom stereocenters. The van der Waals surface area contributed by atoms with Gasteiger partial charge < -0.3 is 4.90 Å². The van der Waals surface area contributed by atoms with Gasteiger partial charge in [0, 0.05) is 32.5 Å². The number of amides is 3. The number of hydrogen-bond donors (Lipinski definition) is 0. The van der Waals surface area contributed by atoms with Gasteiger partial charge in [-0.2, -0.15) is 0 Å². The molecule has 1 aliphatic rings. The van der Waals surface area contributed by atoms with Crippen LogP contribution in [-0.2, 0) is 11.2 Å². The number of halogens is 4. The zero-order valence-electron chi connectivity index (χ0n) is 13.9. The number of likely N-dealkylation sites (N-methyl/N-ethyl adjacent to an activating group) is 1. The maximum atomic E-state index is 13.2. The summed E-state index contributed by atoms with van der Waals surface area (Å²) in [4.78, 5) is 28.6. The number of rotatable bonds is 3. The van der Waals surface area contributed by atoms with E-state index >= 15 is 0 Å². The van der Waals surface area contributed by atoms with Crippen molar-refractivity contribution in [3.05, 3.63) is 61.0 Å². The molecule has 2 aromatic rings. The predicted molar refractivity (Wildman–Crippen MR) is 111 cm³/mol. The lowest BCUT2D eigenvalue weighted by atomic mass is 9.91. The molecule has 0 N–H and O–H groups in total. The molecule has 0 aliphatic carbocycles. The van der Waals surface area contributed by atoms with E-state index in [2.05, 4.69) is 31.9 Å². The first kappa shape index (κ1) is 19.7. The highest BCUT2D eigenvalue weighted by atomic mass is 79.9. The van der Waals surface area contributed by atoms with E-state index in [-0.39, 0.29) is 5.91 Å². The number of anilines is 1. The molecule has 26 heavy (non-hydrogen) atoms. The molecule has 4 nitrogen and oxygen atoms in total. The number of carbonyl (C=O) groups excluding carboxylic acids is 2. The molecule has 0 unspecified atom stereocenters. The predicted octanol–water partition coefficient (Wildman–Crippen LogP) is 5.92. The van der Waals surface area contributed by atoms with E-state index < -0.39 is 11.6 Å². The van der Waals surface area contributed by atoms with Crippen LogP contribution in [0.4, 0.5) is 10.5 Å². The van der Waals surface area contributed by atoms with Crippen LogP contribution in [0.5, 0.6) is 0 Å². The van der Waals surface area contributed by atoms with Crippen molar-refractivity contribution >= 4 is 72.7 Å². The smallest absolute Gasteiger partial charge is 0.312 e. The first-order valence-electron chi connectivity index (χ1n) is 7.65. The molecule has 3 rings (SSSR count). The number of nitrogens with zero attached hydrogens (tertiary/aromatic N) is 2. The normalized spacial score (nSPS) is 20.2. The van der Waals surface area contributed by atoms with Crippen LogP contribution in [0, 0.1) is 0 Å². The number of urea groups is 1. The van der Waals surface area contributed by atoms with E-state index in [1.807, 2.05) is 18.2 Å². The Bertz CT molecular complexity index is 882. The third-order valence-corrected chi connectivity index (χ3v) is 5.81. The Labute approximate surface area is 178 Å². The first-order chi connectivity index (χ1) is 12.1. The zero-order valence-corrected chi connectivity index (χ0v) is 18.6. The maximum absolute atomic E-state index is 13.2. The van der Waals surface area contributed by atoms with Crippen molar-refractivity contribution in [3.8, 4) is 0 Å². The van der Waals surface area contributed by atoms with Crippen molar-refractivity contribution in [2.75, 3.05) is 11.9 Å². The highest BCUT2D eigenvalue weighted by Gasteiger charge is 2.53. The summed E-state index contributed by atoms with van der Waals surface area (Å²) < 4.78 is 1.78. The van der Waals surface area contributed by atoms with Gasteiger partial charge >= 0.3 is 6.03 Å². The minimum absolute atomic E-state index is 0.320. The van der Waals surface area contributed by atoms with E-state index in [0.29, 0.717) is 22.2 Å². The van der Waals surface area contributed by atoms with E-state index in [0.717, 1.165) is 19.4 Å². The van der Waals surface area contributed by atoms with E-state index in [9.17, 15) is 9.59 Å². The molecule has 0 saturated carbocycles. The van der Waals surface area contributed by atoms with Gasteiger partial charge in [-0.05, 0) is 48.9 Å². The lowest BCUT2D eigenvalue weighted by Crippen LogP contribution is -2.47. The molecule has 1 heterocycles. The number of imide groups is 1. The summed E-state index contributed by atoms with van der Waals surface area (Å²) in [7, 11) is 1.62. The third-order valence-electron chi connectivity index (χ3n) is 4.46.